The number of anilines is 1. The van der Waals surface area contributed by atoms with Crippen molar-refractivity contribution in [2.24, 2.45) is 0 Å². The highest BCUT2D eigenvalue weighted by Gasteiger charge is 2.50. The third kappa shape index (κ3) is 4.21. The Morgan fingerprint density at radius 2 is 2.04 bits per heavy atom. The Balaban J connectivity index is 1.24. The number of rotatable bonds is 5. The first-order valence-corrected chi connectivity index (χ1v) is 16.4. The molecule has 10 heteroatoms. The van der Waals surface area contributed by atoms with E-state index in [2.05, 4.69) is 22.0 Å². The summed E-state index contributed by atoms with van der Waals surface area (Å²) in [5.74, 6) is 0.703. The number of halogens is 2. The third-order valence-electron chi connectivity index (χ3n) is 11.0. The molecule has 5 atom stereocenters. The van der Waals surface area contributed by atoms with Gasteiger partial charge < -0.3 is 24.8 Å². The van der Waals surface area contributed by atoms with E-state index in [0.717, 1.165) is 61.5 Å². The molecule has 234 valence electrons. The van der Waals surface area contributed by atoms with Gasteiger partial charge in [0.05, 0.1) is 17.0 Å². The van der Waals surface area contributed by atoms with Gasteiger partial charge in [-0.25, -0.2) is 8.78 Å². The zero-order valence-electron chi connectivity index (χ0n) is 25.4. The van der Waals surface area contributed by atoms with Gasteiger partial charge in [0.25, 0.3) is 0 Å². The first-order chi connectivity index (χ1) is 21.9. The first kappa shape index (κ1) is 27.5. The number of phenolic OH excluding ortho intramolecular Hbond substituents is 1. The molecule has 4 fully saturated rings. The van der Waals surface area contributed by atoms with E-state index < -0.39 is 12.0 Å². The number of fused-ring (bicyclic) bond motifs is 7. The predicted molar refractivity (Wildman–Crippen MR) is 169 cm³/mol. The number of alkyl halides is 1. The van der Waals surface area contributed by atoms with Gasteiger partial charge >= 0.3 is 6.01 Å². The van der Waals surface area contributed by atoms with Crippen LogP contribution in [0.2, 0.25) is 0 Å². The summed E-state index contributed by atoms with van der Waals surface area (Å²) in [6, 6.07) is 11.7. The smallest absolute Gasteiger partial charge is 0.319 e. The Bertz CT molecular complexity index is 1850. The lowest BCUT2D eigenvalue weighted by Crippen LogP contribution is -2.60. The molecule has 0 amide bonds. The fourth-order valence-electron chi connectivity index (χ4n) is 8.95. The number of aromatic nitrogens is 2. The summed E-state index contributed by atoms with van der Waals surface area (Å²) in [5, 5.41) is 16.7. The number of aromatic hydroxyl groups is 1. The molecule has 0 unspecified atom stereocenters. The minimum Gasteiger partial charge on any atom is -0.508 e. The molecular weight excluding hydrogens is 576 g/mol. The van der Waals surface area contributed by atoms with Gasteiger partial charge in [0.2, 0.25) is 0 Å². The second-order valence-corrected chi connectivity index (χ2v) is 13.6. The van der Waals surface area contributed by atoms with Crippen LogP contribution in [0.1, 0.15) is 44.6 Å². The third-order valence-corrected chi connectivity index (χ3v) is 11.0. The van der Waals surface area contributed by atoms with E-state index >= 15 is 4.39 Å². The van der Waals surface area contributed by atoms with Gasteiger partial charge in [-0.2, -0.15) is 9.97 Å². The van der Waals surface area contributed by atoms with E-state index in [-0.39, 0.29) is 41.5 Å². The largest absolute Gasteiger partial charge is 0.508 e. The molecule has 0 spiro atoms. The molecule has 2 N–H and O–H groups in total. The van der Waals surface area contributed by atoms with Crippen LogP contribution < -0.4 is 19.7 Å². The number of hydrogen-bond donors (Lipinski definition) is 2. The first-order valence-electron chi connectivity index (χ1n) is 16.4. The van der Waals surface area contributed by atoms with Crippen LogP contribution in [0.3, 0.4) is 0 Å². The van der Waals surface area contributed by atoms with Crippen molar-refractivity contribution >= 4 is 27.5 Å². The van der Waals surface area contributed by atoms with Gasteiger partial charge in [0, 0.05) is 37.2 Å². The number of aryl methyl sites for hydroxylation is 1. The van der Waals surface area contributed by atoms with Crippen LogP contribution in [0.4, 0.5) is 14.6 Å². The van der Waals surface area contributed by atoms with Crippen molar-refractivity contribution < 1.29 is 23.4 Å². The number of benzene rings is 3. The molecule has 0 radical (unpaired) electrons. The standard InChI is InChI=1S/C35H37F2N5O3/c1-2-19-5-3-6-20-11-23(43)12-24(29(19)20)25-13-28-30-32(31(25)37)39-34(45-18-35-9-4-10-41(35)15-21(36)14-35)40-33(30)42-16-22-7-8-26(38-22)27(42)17-44-28/h3,5-6,11-13,21-22,26-27,38,43H,2,4,7-10,14-18H2,1H3/t21-,22-,26+,27-,35+/m0/s1. The van der Waals surface area contributed by atoms with Gasteiger partial charge in [0.1, 0.15) is 42.2 Å². The van der Waals surface area contributed by atoms with E-state index in [4.69, 9.17) is 19.4 Å². The SMILES string of the molecule is CCc1cccc2cc(O)cc(-c3cc4c5c(nc(OC[C@]67CCCN6C[C@@H](F)C7)nc5c3F)N3C[C@@H]5CC[C@@H](N5)[C@@H]3CO4)c12. The molecule has 0 aliphatic carbocycles. The van der Waals surface area contributed by atoms with E-state index in [0.29, 0.717) is 53.7 Å². The molecule has 1 aromatic heterocycles. The van der Waals surface area contributed by atoms with Crippen LogP contribution >= 0.6 is 0 Å². The Labute approximate surface area is 260 Å². The van der Waals surface area contributed by atoms with Crippen LogP contribution in [0.25, 0.3) is 32.8 Å². The average molecular weight is 614 g/mol. The number of piperazine rings is 1. The number of hydrogen-bond acceptors (Lipinski definition) is 8. The predicted octanol–water partition coefficient (Wildman–Crippen LogP) is 5.51. The molecule has 3 aromatic carbocycles. The normalized spacial score (nSPS) is 28.7. The average Bonchev–Trinajstić information content (AvgIpc) is 3.67. The van der Waals surface area contributed by atoms with Crippen LogP contribution in [0.15, 0.2) is 36.4 Å². The monoisotopic (exact) mass is 613 g/mol. The molecule has 45 heavy (non-hydrogen) atoms. The van der Waals surface area contributed by atoms with Gasteiger partial charge in [0.15, 0.2) is 5.82 Å². The molecule has 8 nitrogen and oxygen atoms in total. The van der Waals surface area contributed by atoms with Crippen molar-refractivity contribution in [3.63, 3.8) is 0 Å². The van der Waals surface area contributed by atoms with Crippen molar-refractivity contribution in [2.75, 3.05) is 37.7 Å². The van der Waals surface area contributed by atoms with Crippen molar-refractivity contribution in [2.45, 2.75) is 75.3 Å². The maximum absolute atomic E-state index is 17.1. The fourth-order valence-corrected chi connectivity index (χ4v) is 8.95. The summed E-state index contributed by atoms with van der Waals surface area (Å²) in [7, 11) is 0. The minimum absolute atomic E-state index is 0.0213. The Hall–Kier alpha value is -3.76. The summed E-state index contributed by atoms with van der Waals surface area (Å²) < 4.78 is 44.5. The van der Waals surface area contributed by atoms with Crippen molar-refractivity contribution in [3.05, 3.63) is 47.8 Å². The highest BCUT2D eigenvalue weighted by molar-refractivity contribution is 6.05. The lowest BCUT2D eigenvalue weighted by molar-refractivity contribution is 0.107. The number of phenols is 1. The van der Waals surface area contributed by atoms with Crippen LogP contribution in [0.5, 0.6) is 17.5 Å². The highest BCUT2D eigenvalue weighted by atomic mass is 19.1. The summed E-state index contributed by atoms with van der Waals surface area (Å²) >= 11 is 0. The zero-order valence-corrected chi connectivity index (χ0v) is 25.4. The fraction of sp³-hybridized carbons (Fsp3) is 0.486. The van der Waals surface area contributed by atoms with Gasteiger partial charge in [-0.3, -0.25) is 4.90 Å². The quantitative estimate of drug-likeness (QED) is 0.305. The maximum atomic E-state index is 17.1. The van der Waals surface area contributed by atoms with Crippen molar-refractivity contribution in [3.8, 4) is 28.6 Å². The lowest BCUT2D eigenvalue weighted by atomic mass is 9.92. The minimum atomic E-state index is -0.877. The summed E-state index contributed by atoms with van der Waals surface area (Å²) in [4.78, 5) is 14.1. The van der Waals surface area contributed by atoms with E-state index in [1.165, 1.54) is 0 Å². The molecular formula is C35H37F2N5O3. The molecule has 5 aliphatic heterocycles. The molecule has 4 aromatic rings. The summed E-state index contributed by atoms with van der Waals surface area (Å²) in [6.45, 7) is 4.77. The Morgan fingerprint density at radius 3 is 2.93 bits per heavy atom. The molecule has 9 rings (SSSR count). The molecule has 5 aliphatic rings. The molecule has 4 saturated heterocycles. The molecule has 0 saturated carbocycles. The van der Waals surface area contributed by atoms with Crippen LogP contribution in [0, 0.1) is 5.82 Å². The summed E-state index contributed by atoms with van der Waals surface area (Å²) in [5.41, 5.74) is 1.71. The lowest BCUT2D eigenvalue weighted by Gasteiger charge is -2.40. The van der Waals surface area contributed by atoms with E-state index in [1.807, 2.05) is 18.2 Å². The van der Waals surface area contributed by atoms with Gasteiger partial charge in [-0.05, 0) is 78.7 Å². The van der Waals surface area contributed by atoms with Gasteiger partial charge in [-0.1, -0.05) is 25.1 Å². The zero-order chi connectivity index (χ0) is 30.4. The van der Waals surface area contributed by atoms with Crippen molar-refractivity contribution in [1.29, 1.82) is 0 Å². The Kier molecular flexibility index (Phi) is 6.20. The molecule has 6 heterocycles. The maximum Gasteiger partial charge on any atom is 0.319 e. The van der Waals surface area contributed by atoms with Crippen molar-refractivity contribution in [1.82, 2.24) is 20.2 Å². The second-order valence-electron chi connectivity index (χ2n) is 13.6. The Morgan fingerprint density at radius 1 is 1.13 bits per heavy atom. The number of nitrogens with one attached hydrogen (secondary N) is 1. The van der Waals surface area contributed by atoms with Crippen LogP contribution in [-0.2, 0) is 6.42 Å². The highest BCUT2D eigenvalue weighted by Crippen LogP contribution is 2.47. The molecule has 2 bridgehead atoms. The van der Waals surface area contributed by atoms with E-state index in [1.54, 1.807) is 18.2 Å². The van der Waals surface area contributed by atoms with Gasteiger partial charge in [-0.15, -0.1) is 0 Å². The summed E-state index contributed by atoms with van der Waals surface area (Å²) in [6.07, 6.45) is 4.28. The number of ether oxygens (including phenoxy) is 2. The second kappa shape index (κ2) is 10.1. The van der Waals surface area contributed by atoms with E-state index in [9.17, 15) is 9.50 Å². The number of nitrogens with zero attached hydrogens (tertiary/aromatic N) is 4. The van der Waals surface area contributed by atoms with Crippen LogP contribution in [-0.4, -0.2) is 82.7 Å². The topological polar surface area (TPSA) is 83.0 Å².